The van der Waals surface area contributed by atoms with E-state index >= 15 is 0 Å². The van der Waals surface area contributed by atoms with Crippen LogP contribution >= 0.6 is 11.3 Å². The standard InChI is InChI=1S/C18H21N3O3S2/c1-3-4-8-17-19-15(10-25-17)11-26(22,23)12-16-20-18(21-24-16)14-7-5-6-13(2)9-14/h5-7,9-10H,3-4,8,11-12H2,1-2H3. The van der Waals surface area contributed by atoms with E-state index in [0.29, 0.717) is 11.5 Å². The second-order valence-corrected chi connectivity index (χ2v) is 9.26. The van der Waals surface area contributed by atoms with E-state index in [9.17, 15) is 8.42 Å². The third kappa shape index (κ3) is 4.98. The van der Waals surface area contributed by atoms with Crippen molar-refractivity contribution in [2.24, 2.45) is 0 Å². The van der Waals surface area contributed by atoms with Gasteiger partial charge >= 0.3 is 0 Å². The van der Waals surface area contributed by atoms with Gasteiger partial charge in [-0.3, -0.25) is 0 Å². The number of hydrogen-bond donors (Lipinski definition) is 0. The smallest absolute Gasteiger partial charge is 0.242 e. The quantitative estimate of drug-likeness (QED) is 0.578. The molecule has 0 N–H and O–H groups in total. The van der Waals surface area contributed by atoms with Crippen LogP contribution in [0.25, 0.3) is 11.4 Å². The zero-order chi connectivity index (χ0) is 18.6. The second-order valence-electron chi connectivity index (χ2n) is 6.25. The number of sulfone groups is 1. The van der Waals surface area contributed by atoms with Crippen molar-refractivity contribution in [1.29, 1.82) is 0 Å². The highest BCUT2D eigenvalue weighted by atomic mass is 32.2. The van der Waals surface area contributed by atoms with E-state index in [1.54, 1.807) is 0 Å². The first kappa shape index (κ1) is 18.7. The Labute approximate surface area is 157 Å². The molecular weight excluding hydrogens is 370 g/mol. The first-order valence-electron chi connectivity index (χ1n) is 8.48. The summed E-state index contributed by atoms with van der Waals surface area (Å²) in [5.41, 5.74) is 2.46. The molecule has 0 saturated heterocycles. The Bertz CT molecular complexity index is 977. The van der Waals surface area contributed by atoms with Crippen LogP contribution in [0, 0.1) is 6.92 Å². The van der Waals surface area contributed by atoms with Gasteiger partial charge in [-0.15, -0.1) is 11.3 Å². The molecule has 1 aromatic carbocycles. The van der Waals surface area contributed by atoms with Gasteiger partial charge in [0, 0.05) is 10.9 Å². The number of hydrogen-bond acceptors (Lipinski definition) is 7. The molecule has 3 aromatic rings. The van der Waals surface area contributed by atoms with Crippen LogP contribution in [0.15, 0.2) is 34.2 Å². The Kier molecular flexibility index (Phi) is 5.83. The Morgan fingerprint density at radius 1 is 1.19 bits per heavy atom. The van der Waals surface area contributed by atoms with Crippen LogP contribution < -0.4 is 0 Å². The molecule has 3 rings (SSSR count). The zero-order valence-corrected chi connectivity index (χ0v) is 16.4. The van der Waals surface area contributed by atoms with Crippen molar-refractivity contribution >= 4 is 21.2 Å². The third-order valence-electron chi connectivity index (χ3n) is 3.80. The Morgan fingerprint density at radius 3 is 2.81 bits per heavy atom. The van der Waals surface area contributed by atoms with E-state index in [4.69, 9.17) is 4.52 Å². The number of aromatic nitrogens is 3. The SMILES string of the molecule is CCCCc1nc(CS(=O)(=O)Cc2nc(-c3cccc(C)c3)no2)cs1. The molecule has 2 aromatic heterocycles. The van der Waals surface area contributed by atoms with Gasteiger partial charge in [-0.1, -0.05) is 42.3 Å². The molecule has 0 aliphatic carbocycles. The van der Waals surface area contributed by atoms with E-state index in [1.165, 1.54) is 11.3 Å². The average molecular weight is 392 g/mol. The second kappa shape index (κ2) is 8.09. The maximum Gasteiger partial charge on any atom is 0.242 e. The van der Waals surface area contributed by atoms with Gasteiger partial charge in [-0.2, -0.15) is 4.98 Å². The summed E-state index contributed by atoms with van der Waals surface area (Å²) in [5, 5.41) is 6.69. The molecule has 0 fully saturated rings. The Balaban J connectivity index is 1.67. The maximum atomic E-state index is 12.4. The summed E-state index contributed by atoms with van der Waals surface area (Å²) in [4.78, 5) is 8.63. The Morgan fingerprint density at radius 2 is 2.04 bits per heavy atom. The van der Waals surface area contributed by atoms with Crippen LogP contribution in [0.4, 0.5) is 0 Å². The van der Waals surface area contributed by atoms with Gasteiger partial charge in [0.15, 0.2) is 9.84 Å². The summed E-state index contributed by atoms with van der Waals surface area (Å²) in [6, 6.07) is 7.66. The molecule has 26 heavy (non-hydrogen) atoms. The lowest BCUT2D eigenvalue weighted by Crippen LogP contribution is -2.08. The molecule has 0 spiro atoms. The van der Waals surface area contributed by atoms with Gasteiger partial charge in [0.2, 0.25) is 11.7 Å². The molecule has 6 nitrogen and oxygen atoms in total. The number of thiazole rings is 1. The monoisotopic (exact) mass is 391 g/mol. The fourth-order valence-electron chi connectivity index (χ4n) is 2.54. The summed E-state index contributed by atoms with van der Waals surface area (Å²) < 4.78 is 30.0. The van der Waals surface area contributed by atoms with E-state index in [0.717, 1.165) is 35.4 Å². The first-order valence-corrected chi connectivity index (χ1v) is 11.2. The number of unbranched alkanes of at least 4 members (excludes halogenated alkanes) is 1. The highest BCUT2D eigenvalue weighted by Gasteiger charge is 2.20. The van der Waals surface area contributed by atoms with Gasteiger partial charge in [0.1, 0.15) is 5.75 Å². The van der Waals surface area contributed by atoms with E-state index in [1.807, 2.05) is 36.6 Å². The van der Waals surface area contributed by atoms with E-state index in [-0.39, 0.29) is 17.4 Å². The topological polar surface area (TPSA) is 86.0 Å². The Hall–Kier alpha value is -2.06. The molecule has 0 bridgehead atoms. The van der Waals surface area contributed by atoms with Crippen LogP contribution in [0.5, 0.6) is 0 Å². The van der Waals surface area contributed by atoms with Crippen molar-refractivity contribution in [3.05, 3.63) is 51.8 Å². The van der Waals surface area contributed by atoms with Crippen molar-refractivity contribution in [2.75, 3.05) is 0 Å². The lowest BCUT2D eigenvalue weighted by atomic mass is 10.1. The minimum absolute atomic E-state index is 0.0999. The van der Waals surface area contributed by atoms with Crippen LogP contribution in [-0.4, -0.2) is 23.5 Å². The molecule has 0 aliphatic rings. The van der Waals surface area contributed by atoms with Crippen molar-refractivity contribution < 1.29 is 12.9 Å². The van der Waals surface area contributed by atoms with E-state index < -0.39 is 9.84 Å². The summed E-state index contributed by atoms with van der Waals surface area (Å²) >= 11 is 1.51. The molecule has 0 atom stereocenters. The number of benzene rings is 1. The molecule has 0 radical (unpaired) electrons. The van der Waals surface area contributed by atoms with Crippen LogP contribution in [0.2, 0.25) is 0 Å². The maximum absolute atomic E-state index is 12.4. The number of aryl methyl sites for hydroxylation is 2. The fourth-order valence-corrected chi connectivity index (χ4v) is 4.68. The van der Waals surface area contributed by atoms with Gasteiger partial charge in [-0.05, 0) is 25.8 Å². The fraction of sp³-hybridized carbons (Fsp3) is 0.389. The van der Waals surface area contributed by atoms with Gasteiger partial charge in [0.25, 0.3) is 0 Å². The van der Waals surface area contributed by atoms with Crippen molar-refractivity contribution in [1.82, 2.24) is 15.1 Å². The molecule has 0 amide bonds. The van der Waals surface area contributed by atoms with Crippen LogP contribution in [0.1, 0.15) is 41.9 Å². The third-order valence-corrected chi connectivity index (χ3v) is 6.18. The molecular formula is C18H21N3O3S2. The van der Waals surface area contributed by atoms with Crippen molar-refractivity contribution in [3.63, 3.8) is 0 Å². The average Bonchev–Trinajstić information content (AvgIpc) is 3.21. The molecule has 0 unspecified atom stereocenters. The first-order chi connectivity index (χ1) is 12.4. The summed E-state index contributed by atoms with van der Waals surface area (Å²) in [6.45, 7) is 4.09. The molecule has 2 heterocycles. The van der Waals surface area contributed by atoms with Crippen molar-refractivity contribution in [3.8, 4) is 11.4 Å². The minimum Gasteiger partial charge on any atom is -0.338 e. The van der Waals surface area contributed by atoms with Crippen molar-refractivity contribution in [2.45, 2.75) is 44.6 Å². The van der Waals surface area contributed by atoms with Crippen LogP contribution in [-0.2, 0) is 27.8 Å². The predicted molar refractivity (Wildman–Crippen MR) is 102 cm³/mol. The van der Waals surface area contributed by atoms with E-state index in [2.05, 4.69) is 22.0 Å². The predicted octanol–water partition coefficient (Wildman–Crippen LogP) is 3.96. The number of rotatable bonds is 8. The lowest BCUT2D eigenvalue weighted by Gasteiger charge is -1.98. The largest absolute Gasteiger partial charge is 0.338 e. The lowest BCUT2D eigenvalue weighted by molar-refractivity contribution is 0.389. The highest BCUT2D eigenvalue weighted by molar-refractivity contribution is 7.89. The summed E-state index contributed by atoms with van der Waals surface area (Å²) in [5.74, 6) is 0.100. The molecule has 8 heteroatoms. The minimum atomic E-state index is -3.42. The molecule has 0 saturated carbocycles. The normalized spacial score (nSPS) is 11.8. The van der Waals surface area contributed by atoms with Gasteiger partial charge < -0.3 is 4.52 Å². The molecule has 138 valence electrons. The summed E-state index contributed by atoms with van der Waals surface area (Å²) in [6.07, 6.45) is 3.04. The highest BCUT2D eigenvalue weighted by Crippen LogP contribution is 2.20. The van der Waals surface area contributed by atoms with Gasteiger partial charge in [-0.25, -0.2) is 13.4 Å². The molecule has 0 aliphatic heterocycles. The van der Waals surface area contributed by atoms with Gasteiger partial charge in [0.05, 0.1) is 16.5 Å². The summed E-state index contributed by atoms with van der Waals surface area (Å²) in [7, 11) is -3.42. The number of nitrogens with zero attached hydrogens (tertiary/aromatic N) is 3. The van der Waals surface area contributed by atoms with Crippen LogP contribution in [0.3, 0.4) is 0 Å². The zero-order valence-electron chi connectivity index (χ0n) is 14.8.